The third-order valence-electron chi connectivity index (χ3n) is 1.63. The number of carbonyl (C=O) groups is 1. The number of aromatic nitrogens is 3. The summed E-state index contributed by atoms with van der Waals surface area (Å²) in [5.41, 5.74) is 0. The summed E-state index contributed by atoms with van der Waals surface area (Å²) in [5, 5.41) is 9.12. The van der Waals surface area contributed by atoms with E-state index in [1.54, 1.807) is 0 Å². The highest BCUT2D eigenvalue weighted by Crippen LogP contribution is 2.09. The standard InChI is InChI=1S/C7H11ClN4O/c1-2-5(11-6(13)3-8)7-9-4-10-12-7/h4-5H,2-3H2,1H3,(H,11,13)(H,9,10,12)/t5-/m0/s1. The van der Waals surface area contributed by atoms with Crippen molar-refractivity contribution in [2.45, 2.75) is 19.4 Å². The lowest BCUT2D eigenvalue weighted by Gasteiger charge is -2.12. The maximum absolute atomic E-state index is 11.0. The lowest BCUT2D eigenvalue weighted by molar-refractivity contribution is -0.119. The number of nitrogens with zero attached hydrogens (tertiary/aromatic N) is 2. The minimum absolute atomic E-state index is 0.0371. The molecule has 1 amide bonds. The molecular weight excluding hydrogens is 192 g/mol. The van der Waals surface area contributed by atoms with Gasteiger partial charge in [-0.2, -0.15) is 5.10 Å². The second-order valence-corrected chi connectivity index (χ2v) is 2.80. The molecule has 0 aliphatic heterocycles. The normalized spacial score (nSPS) is 12.5. The smallest absolute Gasteiger partial charge is 0.235 e. The van der Waals surface area contributed by atoms with Crippen molar-refractivity contribution >= 4 is 17.5 Å². The number of carbonyl (C=O) groups excluding carboxylic acids is 1. The van der Waals surface area contributed by atoms with E-state index in [1.165, 1.54) is 6.33 Å². The molecule has 6 heteroatoms. The first-order valence-electron chi connectivity index (χ1n) is 3.98. The van der Waals surface area contributed by atoms with Gasteiger partial charge in [0.25, 0.3) is 0 Å². The Hall–Kier alpha value is -1.10. The van der Waals surface area contributed by atoms with E-state index in [-0.39, 0.29) is 17.8 Å². The van der Waals surface area contributed by atoms with E-state index in [4.69, 9.17) is 11.6 Å². The zero-order valence-electron chi connectivity index (χ0n) is 7.25. The van der Waals surface area contributed by atoms with Gasteiger partial charge < -0.3 is 5.32 Å². The average Bonchev–Trinajstić information content (AvgIpc) is 2.66. The van der Waals surface area contributed by atoms with Crippen molar-refractivity contribution in [3.05, 3.63) is 12.2 Å². The van der Waals surface area contributed by atoms with Crippen LogP contribution in [0.4, 0.5) is 0 Å². The van der Waals surface area contributed by atoms with Gasteiger partial charge in [-0.05, 0) is 6.42 Å². The first kappa shape index (κ1) is 9.98. The predicted molar refractivity (Wildman–Crippen MR) is 48.3 cm³/mol. The number of H-pyrrole nitrogens is 1. The maximum Gasteiger partial charge on any atom is 0.235 e. The van der Waals surface area contributed by atoms with Crippen LogP contribution in [-0.4, -0.2) is 27.0 Å². The Morgan fingerprint density at radius 2 is 2.62 bits per heavy atom. The monoisotopic (exact) mass is 202 g/mol. The Morgan fingerprint density at radius 1 is 1.85 bits per heavy atom. The van der Waals surface area contributed by atoms with Crippen LogP contribution in [0.15, 0.2) is 6.33 Å². The molecule has 1 aromatic rings. The summed E-state index contributed by atoms with van der Waals surface area (Å²) < 4.78 is 0. The van der Waals surface area contributed by atoms with E-state index in [1.807, 2.05) is 6.92 Å². The molecule has 72 valence electrons. The third kappa shape index (κ3) is 2.69. The Labute approximate surface area is 80.9 Å². The average molecular weight is 203 g/mol. The first-order chi connectivity index (χ1) is 6.27. The molecule has 0 aliphatic rings. The summed E-state index contributed by atoms with van der Waals surface area (Å²) in [4.78, 5) is 14.9. The number of hydrogen-bond acceptors (Lipinski definition) is 3. The molecule has 1 atom stereocenters. The molecule has 0 saturated carbocycles. The van der Waals surface area contributed by atoms with Crippen LogP contribution in [0.5, 0.6) is 0 Å². The van der Waals surface area contributed by atoms with E-state index < -0.39 is 0 Å². The van der Waals surface area contributed by atoms with Crippen LogP contribution in [0.2, 0.25) is 0 Å². The summed E-state index contributed by atoms with van der Waals surface area (Å²) >= 11 is 5.36. The molecule has 13 heavy (non-hydrogen) atoms. The summed E-state index contributed by atoms with van der Waals surface area (Å²) in [6.07, 6.45) is 2.16. The molecule has 1 aromatic heterocycles. The summed E-state index contributed by atoms with van der Waals surface area (Å²) in [5.74, 6) is 0.413. The Kier molecular flexibility index (Phi) is 3.70. The third-order valence-corrected chi connectivity index (χ3v) is 1.87. The summed E-state index contributed by atoms with van der Waals surface area (Å²) in [6, 6.07) is -0.131. The molecule has 0 radical (unpaired) electrons. The van der Waals surface area contributed by atoms with Crippen molar-refractivity contribution in [2.24, 2.45) is 0 Å². The zero-order chi connectivity index (χ0) is 9.68. The van der Waals surface area contributed by atoms with Gasteiger partial charge in [-0.1, -0.05) is 6.92 Å². The molecular formula is C7H11ClN4O. The molecule has 0 aromatic carbocycles. The van der Waals surface area contributed by atoms with E-state index in [0.717, 1.165) is 6.42 Å². The molecule has 5 nitrogen and oxygen atoms in total. The number of alkyl halides is 1. The fourth-order valence-corrected chi connectivity index (χ4v) is 1.06. The van der Waals surface area contributed by atoms with E-state index in [9.17, 15) is 4.79 Å². The predicted octanol–water partition coefficient (Wildman–Crippen LogP) is 0.611. The van der Waals surface area contributed by atoms with E-state index >= 15 is 0 Å². The molecule has 1 heterocycles. The van der Waals surface area contributed by atoms with Crippen LogP contribution >= 0.6 is 11.6 Å². The number of nitrogens with one attached hydrogen (secondary N) is 2. The van der Waals surface area contributed by atoms with Crippen LogP contribution in [0.3, 0.4) is 0 Å². The second kappa shape index (κ2) is 4.81. The van der Waals surface area contributed by atoms with Gasteiger partial charge in [-0.25, -0.2) is 4.98 Å². The zero-order valence-corrected chi connectivity index (χ0v) is 8.01. The molecule has 0 bridgehead atoms. The summed E-state index contributed by atoms with van der Waals surface area (Å²) in [7, 11) is 0. The van der Waals surface area contributed by atoms with Gasteiger partial charge in [0, 0.05) is 0 Å². The number of amides is 1. The molecule has 2 N–H and O–H groups in total. The summed E-state index contributed by atoms with van der Waals surface area (Å²) in [6.45, 7) is 1.95. The number of hydrogen-bond donors (Lipinski definition) is 2. The van der Waals surface area contributed by atoms with Crippen molar-refractivity contribution in [3.63, 3.8) is 0 Å². The van der Waals surface area contributed by atoms with Crippen molar-refractivity contribution in [3.8, 4) is 0 Å². The lowest BCUT2D eigenvalue weighted by Crippen LogP contribution is -2.29. The van der Waals surface area contributed by atoms with Crippen LogP contribution in [-0.2, 0) is 4.79 Å². The van der Waals surface area contributed by atoms with E-state index in [0.29, 0.717) is 5.82 Å². The maximum atomic E-state index is 11.0. The van der Waals surface area contributed by atoms with Gasteiger partial charge in [0.15, 0.2) is 0 Å². The lowest BCUT2D eigenvalue weighted by atomic mass is 10.2. The van der Waals surface area contributed by atoms with Gasteiger partial charge in [0.05, 0.1) is 6.04 Å². The Balaban J connectivity index is 2.58. The van der Waals surface area contributed by atoms with E-state index in [2.05, 4.69) is 20.5 Å². The van der Waals surface area contributed by atoms with Crippen LogP contribution in [0.25, 0.3) is 0 Å². The van der Waals surface area contributed by atoms with Crippen molar-refractivity contribution in [1.82, 2.24) is 20.5 Å². The van der Waals surface area contributed by atoms with Gasteiger partial charge in [-0.3, -0.25) is 9.89 Å². The van der Waals surface area contributed by atoms with Gasteiger partial charge in [0.2, 0.25) is 5.91 Å². The van der Waals surface area contributed by atoms with Crippen LogP contribution in [0, 0.1) is 0 Å². The highest BCUT2D eigenvalue weighted by Gasteiger charge is 2.13. The number of halogens is 1. The van der Waals surface area contributed by atoms with Crippen molar-refractivity contribution < 1.29 is 4.79 Å². The van der Waals surface area contributed by atoms with Crippen molar-refractivity contribution in [1.29, 1.82) is 0 Å². The van der Waals surface area contributed by atoms with Gasteiger partial charge >= 0.3 is 0 Å². The highest BCUT2D eigenvalue weighted by atomic mass is 35.5. The molecule has 1 rings (SSSR count). The quantitative estimate of drug-likeness (QED) is 0.703. The largest absolute Gasteiger partial charge is 0.345 e. The highest BCUT2D eigenvalue weighted by molar-refractivity contribution is 6.27. The Morgan fingerprint density at radius 3 is 3.08 bits per heavy atom. The second-order valence-electron chi connectivity index (χ2n) is 2.53. The SMILES string of the molecule is CC[C@H](NC(=O)CCl)c1ncn[nH]1. The number of aromatic amines is 1. The topological polar surface area (TPSA) is 70.7 Å². The van der Waals surface area contributed by atoms with Gasteiger partial charge in [0.1, 0.15) is 18.0 Å². The molecule has 0 saturated heterocycles. The van der Waals surface area contributed by atoms with Gasteiger partial charge in [-0.15, -0.1) is 11.6 Å². The van der Waals surface area contributed by atoms with Crippen LogP contribution in [0.1, 0.15) is 25.2 Å². The molecule has 0 fully saturated rings. The van der Waals surface area contributed by atoms with Crippen LogP contribution < -0.4 is 5.32 Å². The minimum Gasteiger partial charge on any atom is -0.345 e. The Bertz CT molecular complexity index is 261. The van der Waals surface area contributed by atoms with Crippen molar-refractivity contribution in [2.75, 3.05) is 5.88 Å². The minimum atomic E-state index is -0.204. The fraction of sp³-hybridized carbons (Fsp3) is 0.571. The fourth-order valence-electron chi connectivity index (χ4n) is 0.980. The molecule has 0 spiro atoms. The molecule has 0 aliphatic carbocycles. The molecule has 0 unspecified atom stereocenters. The first-order valence-corrected chi connectivity index (χ1v) is 4.52. The number of rotatable bonds is 4.